The first-order valence-electron chi connectivity index (χ1n) is 3.83. The first-order chi connectivity index (χ1) is 5.77. The van der Waals surface area contributed by atoms with Crippen LogP contribution in [0.25, 0.3) is 0 Å². The molecule has 64 valence electrons. The maximum Gasteiger partial charge on any atom is 0.158 e. The predicted molar refractivity (Wildman–Crippen MR) is 47.3 cm³/mol. The second-order valence-corrected chi connectivity index (χ2v) is 3.24. The van der Waals surface area contributed by atoms with Gasteiger partial charge in [0.05, 0.1) is 24.2 Å². The fourth-order valence-electron chi connectivity index (χ4n) is 0.888. The molecule has 2 N–H and O–H groups in total. The summed E-state index contributed by atoms with van der Waals surface area (Å²) in [4.78, 5) is 3.89. The number of nitrogens with zero attached hydrogens (tertiary/aromatic N) is 1. The summed E-state index contributed by atoms with van der Waals surface area (Å²) in [7, 11) is 0. The number of hydrogen-bond acceptors (Lipinski definition) is 3. The van der Waals surface area contributed by atoms with Gasteiger partial charge < -0.3 is 10.5 Å². The zero-order valence-electron chi connectivity index (χ0n) is 6.46. The minimum absolute atomic E-state index is 0.325. The molecule has 4 heteroatoms. The van der Waals surface area contributed by atoms with Gasteiger partial charge in [0.25, 0.3) is 0 Å². The van der Waals surface area contributed by atoms with E-state index in [1.165, 1.54) is 6.20 Å². The van der Waals surface area contributed by atoms with Gasteiger partial charge >= 0.3 is 0 Å². The maximum absolute atomic E-state index is 5.88. The molecule has 0 atom stereocenters. The number of nitrogen functional groups attached to an aromatic ring is 1. The number of pyridine rings is 1. The molecule has 1 aliphatic carbocycles. The minimum atomic E-state index is 0.325. The van der Waals surface area contributed by atoms with Crippen LogP contribution >= 0.6 is 11.6 Å². The lowest BCUT2D eigenvalue weighted by molar-refractivity contribution is 0.302. The van der Waals surface area contributed by atoms with E-state index < -0.39 is 0 Å². The van der Waals surface area contributed by atoms with Gasteiger partial charge in [-0.15, -0.1) is 0 Å². The Kier molecular flexibility index (Phi) is 1.81. The van der Waals surface area contributed by atoms with Gasteiger partial charge in [0, 0.05) is 0 Å². The molecule has 0 aliphatic heterocycles. The van der Waals surface area contributed by atoms with E-state index >= 15 is 0 Å². The molecule has 0 aromatic carbocycles. The van der Waals surface area contributed by atoms with Crippen LogP contribution in [0.3, 0.4) is 0 Å². The van der Waals surface area contributed by atoms with Crippen molar-refractivity contribution >= 4 is 17.3 Å². The molecule has 1 heterocycles. The summed E-state index contributed by atoms with van der Waals surface area (Å²) in [5.41, 5.74) is 6.01. The van der Waals surface area contributed by atoms with Crippen molar-refractivity contribution in [2.45, 2.75) is 18.9 Å². The molecule has 1 aliphatic rings. The van der Waals surface area contributed by atoms with Crippen LogP contribution in [-0.2, 0) is 0 Å². The van der Waals surface area contributed by atoms with Crippen LogP contribution in [0, 0.1) is 0 Å². The summed E-state index contributed by atoms with van der Waals surface area (Å²) in [5, 5.41) is 0.469. The van der Waals surface area contributed by atoms with Crippen LogP contribution in [0.4, 0.5) is 5.69 Å². The first-order valence-corrected chi connectivity index (χ1v) is 4.21. The third-order valence-electron chi connectivity index (χ3n) is 1.69. The van der Waals surface area contributed by atoms with Gasteiger partial charge in [-0.1, -0.05) is 11.6 Å². The van der Waals surface area contributed by atoms with Crippen molar-refractivity contribution in [1.82, 2.24) is 4.98 Å². The van der Waals surface area contributed by atoms with Crippen LogP contribution in [0.2, 0.25) is 5.02 Å². The minimum Gasteiger partial charge on any atom is -0.487 e. The molecule has 1 aromatic heterocycles. The van der Waals surface area contributed by atoms with Crippen molar-refractivity contribution in [2.24, 2.45) is 0 Å². The Morgan fingerprint density at radius 1 is 1.50 bits per heavy atom. The molecule has 12 heavy (non-hydrogen) atoms. The highest BCUT2D eigenvalue weighted by molar-refractivity contribution is 6.34. The standard InChI is InChI=1S/C8H9ClN2O/c9-8-6(10)3-11-4-7(8)12-5-1-2-5/h3-5H,1-2,10H2. The SMILES string of the molecule is Nc1cncc(OC2CC2)c1Cl. The summed E-state index contributed by atoms with van der Waals surface area (Å²) in [6.45, 7) is 0. The molecular weight excluding hydrogens is 176 g/mol. The smallest absolute Gasteiger partial charge is 0.158 e. The van der Waals surface area contributed by atoms with Gasteiger partial charge in [0.15, 0.2) is 5.75 Å². The molecule has 1 fully saturated rings. The molecule has 2 rings (SSSR count). The van der Waals surface area contributed by atoms with Gasteiger partial charge in [0.2, 0.25) is 0 Å². The van der Waals surface area contributed by atoms with Crippen molar-refractivity contribution < 1.29 is 4.74 Å². The zero-order valence-corrected chi connectivity index (χ0v) is 7.21. The Hall–Kier alpha value is -0.960. The first kappa shape index (κ1) is 7.68. The van der Waals surface area contributed by atoms with Crippen LogP contribution in [-0.4, -0.2) is 11.1 Å². The summed E-state index contributed by atoms with van der Waals surface area (Å²) < 4.78 is 5.46. The van der Waals surface area contributed by atoms with E-state index in [1.54, 1.807) is 6.20 Å². The summed E-state index contributed by atoms with van der Waals surface area (Å²) in [6, 6.07) is 0. The lowest BCUT2D eigenvalue weighted by Crippen LogP contribution is -1.98. The third-order valence-corrected chi connectivity index (χ3v) is 2.10. The van der Waals surface area contributed by atoms with Gasteiger partial charge in [-0.3, -0.25) is 4.98 Å². The lowest BCUT2D eigenvalue weighted by Gasteiger charge is -2.06. The summed E-state index contributed by atoms with van der Waals surface area (Å²) >= 11 is 5.88. The third kappa shape index (κ3) is 1.46. The molecule has 0 amide bonds. The second kappa shape index (κ2) is 2.83. The average molecular weight is 185 g/mol. The number of anilines is 1. The molecule has 0 bridgehead atoms. The number of ether oxygens (including phenoxy) is 1. The fourth-order valence-corrected chi connectivity index (χ4v) is 1.03. The number of aromatic nitrogens is 1. The Morgan fingerprint density at radius 2 is 2.25 bits per heavy atom. The van der Waals surface area contributed by atoms with E-state index in [4.69, 9.17) is 22.1 Å². The van der Waals surface area contributed by atoms with Crippen molar-refractivity contribution in [3.05, 3.63) is 17.4 Å². The largest absolute Gasteiger partial charge is 0.487 e. The van der Waals surface area contributed by atoms with Gasteiger partial charge in [-0.05, 0) is 12.8 Å². The van der Waals surface area contributed by atoms with E-state index in [0.29, 0.717) is 22.6 Å². The van der Waals surface area contributed by atoms with Crippen LogP contribution in [0.15, 0.2) is 12.4 Å². The Morgan fingerprint density at radius 3 is 2.92 bits per heavy atom. The second-order valence-electron chi connectivity index (χ2n) is 2.86. The average Bonchev–Trinajstić information content (AvgIpc) is 2.83. The lowest BCUT2D eigenvalue weighted by atomic mass is 10.4. The van der Waals surface area contributed by atoms with Crippen LogP contribution < -0.4 is 10.5 Å². The fraction of sp³-hybridized carbons (Fsp3) is 0.375. The maximum atomic E-state index is 5.88. The predicted octanol–water partition coefficient (Wildman–Crippen LogP) is 1.86. The summed E-state index contributed by atoms with van der Waals surface area (Å²) in [6.07, 6.45) is 5.64. The van der Waals surface area contributed by atoms with Gasteiger partial charge in [-0.2, -0.15) is 0 Å². The van der Waals surface area contributed by atoms with Crippen molar-refractivity contribution in [3.63, 3.8) is 0 Å². The Labute approximate surface area is 75.5 Å². The van der Waals surface area contributed by atoms with E-state index in [0.717, 1.165) is 12.8 Å². The molecule has 0 spiro atoms. The highest BCUT2D eigenvalue weighted by Crippen LogP contribution is 2.33. The zero-order chi connectivity index (χ0) is 8.55. The van der Waals surface area contributed by atoms with Gasteiger partial charge in [-0.25, -0.2) is 0 Å². The van der Waals surface area contributed by atoms with Crippen LogP contribution in [0.1, 0.15) is 12.8 Å². The van der Waals surface area contributed by atoms with E-state index in [-0.39, 0.29) is 0 Å². The molecule has 1 saturated carbocycles. The summed E-state index contributed by atoms with van der Waals surface area (Å²) in [5.74, 6) is 0.596. The van der Waals surface area contributed by atoms with Crippen molar-refractivity contribution in [3.8, 4) is 5.75 Å². The molecule has 0 unspecified atom stereocenters. The molecule has 3 nitrogen and oxygen atoms in total. The quantitative estimate of drug-likeness (QED) is 0.763. The number of halogens is 1. The Bertz CT molecular complexity index is 299. The molecule has 0 radical (unpaired) electrons. The topological polar surface area (TPSA) is 48.1 Å². The molecular formula is C8H9ClN2O. The molecule has 1 aromatic rings. The van der Waals surface area contributed by atoms with Crippen molar-refractivity contribution in [1.29, 1.82) is 0 Å². The van der Waals surface area contributed by atoms with E-state index in [9.17, 15) is 0 Å². The molecule has 0 saturated heterocycles. The monoisotopic (exact) mass is 184 g/mol. The number of nitrogens with two attached hydrogens (primary N) is 1. The highest BCUT2D eigenvalue weighted by atomic mass is 35.5. The van der Waals surface area contributed by atoms with Gasteiger partial charge in [0.1, 0.15) is 5.02 Å². The van der Waals surface area contributed by atoms with Crippen LogP contribution in [0.5, 0.6) is 5.75 Å². The Balaban J connectivity index is 2.23. The van der Waals surface area contributed by atoms with E-state index in [2.05, 4.69) is 4.98 Å². The number of rotatable bonds is 2. The normalized spacial score (nSPS) is 16.1. The van der Waals surface area contributed by atoms with Crippen molar-refractivity contribution in [2.75, 3.05) is 5.73 Å². The van der Waals surface area contributed by atoms with E-state index in [1.807, 2.05) is 0 Å². The highest BCUT2D eigenvalue weighted by Gasteiger charge is 2.24. The number of hydrogen-bond donors (Lipinski definition) is 1.